The van der Waals surface area contributed by atoms with E-state index in [4.69, 9.17) is 24.8 Å². The Hall–Kier alpha value is 0.420. The first-order chi connectivity index (χ1) is 7.15. The molecule has 0 unspecified atom stereocenters. The maximum absolute atomic E-state index is 4.78. The summed E-state index contributed by atoms with van der Waals surface area (Å²) in [6, 6.07) is 0. The topological polar surface area (TPSA) is 7.68 Å². The largest absolute Gasteiger partial charge is 0.411 e. The Labute approximate surface area is 109 Å². The minimum absolute atomic E-state index is 0.620. The van der Waals surface area contributed by atoms with Crippen molar-refractivity contribution in [3.63, 3.8) is 0 Å². The van der Waals surface area contributed by atoms with E-state index in [2.05, 4.69) is 20.8 Å². The van der Waals surface area contributed by atoms with Gasteiger partial charge in [-0.05, 0) is 20.8 Å². The number of rotatable bonds is 3. The second-order valence-corrected chi connectivity index (χ2v) is 5.48. The Morgan fingerprint density at radius 1 is 1.33 bits per heavy atom. The van der Waals surface area contributed by atoms with Crippen LogP contribution in [0.4, 0.5) is 0 Å². The molecule has 2 nitrogen and oxygen atoms in total. The van der Waals surface area contributed by atoms with Gasteiger partial charge in [-0.25, -0.2) is 0 Å². The number of nitrogens with one attached hydrogen (secondary N) is 1. The fraction of sp³-hybridized carbons (Fsp3) is 0.900. The third-order valence-corrected chi connectivity index (χ3v) is 3.99. The van der Waals surface area contributed by atoms with Crippen molar-refractivity contribution < 1.29 is 4.90 Å². The molecule has 0 aliphatic carbocycles. The van der Waals surface area contributed by atoms with E-state index >= 15 is 0 Å². The summed E-state index contributed by atoms with van der Waals surface area (Å²) in [6.45, 7) is 11.5. The summed E-state index contributed by atoms with van der Waals surface area (Å²) in [5.74, 6) is 2.18. The minimum Gasteiger partial charge on any atom is -0.411 e. The molecule has 0 atom stereocenters. The Bertz CT molecular complexity index is 161. The van der Waals surface area contributed by atoms with Gasteiger partial charge in [-0.1, -0.05) is 4.32 Å². The van der Waals surface area contributed by atoms with Gasteiger partial charge < -0.3 is 34.6 Å². The fourth-order valence-corrected chi connectivity index (χ4v) is 2.74. The molecule has 1 fully saturated rings. The molecule has 0 radical (unpaired) electrons. The molecule has 1 aliphatic rings. The third kappa shape index (κ3) is 7.33. The maximum Gasteiger partial charge on any atom is 0.0742 e. The van der Waals surface area contributed by atoms with E-state index < -0.39 is 0 Å². The molecule has 0 aromatic carbocycles. The van der Waals surface area contributed by atoms with E-state index in [1.807, 2.05) is 16.7 Å². The van der Waals surface area contributed by atoms with Gasteiger partial charge in [0.1, 0.15) is 0 Å². The Morgan fingerprint density at radius 2 is 1.87 bits per heavy atom. The lowest BCUT2D eigenvalue weighted by molar-refractivity contribution is -0.894. The number of hydrogen-bond acceptors (Lipinski definition) is 3. The van der Waals surface area contributed by atoms with Crippen LogP contribution in [0.15, 0.2) is 0 Å². The number of quaternary nitrogens is 1. The van der Waals surface area contributed by atoms with Crippen molar-refractivity contribution in [1.29, 1.82) is 0 Å². The molecular formula is C10H22N2S3. The SMILES string of the molecule is CC[NH+](CC)CC.S=C([S-])N1CCSC1. The van der Waals surface area contributed by atoms with E-state index in [0.717, 1.165) is 12.4 Å². The number of nitrogens with zero attached hydrogens (tertiary/aromatic N) is 1. The first kappa shape index (κ1) is 15.4. The normalized spacial score (nSPS) is 15.1. The first-order valence-corrected chi connectivity index (χ1v) is 7.49. The van der Waals surface area contributed by atoms with Crippen LogP contribution in [-0.4, -0.2) is 47.0 Å². The van der Waals surface area contributed by atoms with Crippen molar-refractivity contribution in [1.82, 2.24) is 4.90 Å². The van der Waals surface area contributed by atoms with Gasteiger partial charge in [0.05, 0.1) is 25.5 Å². The van der Waals surface area contributed by atoms with E-state index in [-0.39, 0.29) is 0 Å². The van der Waals surface area contributed by atoms with Gasteiger partial charge in [0.15, 0.2) is 0 Å². The molecule has 0 amide bonds. The number of thiocarbonyl (C=S) groups is 1. The van der Waals surface area contributed by atoms with Crippen molar-refractivity contribution in [2.75, 3.05) is 37.8 Å². The van der Waals surface area contributed by atoms with Gasteiger partial charge in [0.25, 0.3) is 0 Å². The smallest absolute Gasteiger partial charge is 0.0742 e. The van der Waals surface area contributed by atoms with Gasteiger partial charge in [-0.3, -0.25) is 0 Å². The van der Waals surface area contributed by atoms with Crippen molar-refractivity contribution in [2.24, 2.45) is 0 Å². The first-order valence-electron chi connectivity index (χ1n) is 5.52. The zero-order valence-corrected chi connectivity index (χ0v) is 12.4. The molecule has 0 aromatic rings. The van der Waals surface area contributed by atoms with Crippen LogP contribution in [0.3, 0.4) is 0 Å². The van der Waals surface area contributed by atoms with Crippen LogP contribution in [0.25, 0.3) is 0 Å². The molecule has 1 rings (SSSR count). The van der Waals surface area contributed by atoms with Gasteiger partial charge >= 0.3 is 0 Å². The zero-order chi connectivity index (χ0) is 11.7. The number of thioether (sulfide) groups is 1. The highest BCUT2D eigenvalue weighted by Crippen LogP contribution is 2.12. The van der Waals surface area contributed by atoms with Crippen LogP contribution in [0, 0.1) is 0 Å². The van der Waals surface area contributed by atoms with Crippen molar-refractivity contribution in [3.8, 4) is 0 Å². The van der Waals surface area contributed by atoms with Crippen LogP contribution < -0.4 is 4.90 Å². The third-order valence-electron chi connectivity index (χ3n) is 2.51. The summed E-state index contributed by atoms with van der Waals surface area (Å²) in [5, 5.41) is 0. The highest BCUT2D eigenvalue weighted by Gasteiger charge is 2.06. The summed E-state index contributed by atoms with van der Waals surface area (Å²) >= 11 is 11.4. The van der Waals surface area contributed by atoms with E-state index in [9.17, 15) is 0 Å². The standard InChI is InChI=1S/C6H15N.C4H7NS3/c1-4-7(5-2)6-3;6-4(7)5-1-2-8-3-5/h4-6H2,1-3H3;1-3H2,(H,6,7). The molecule has 90 valence electrons. The van der Waals surface area contributed by atoms with E-state index in [0.29, 0.717) is 4.32 Å². The monoisotopic (exact) mass is 266 g/mol. The molecule has 1 saturated heterocycles. The summed E-state index contributed by atoms with van der Waals surface area (Å²) in [5.41, 5.74) is 0. The van der Waals surface area contributed by atoms with E-state index in [1.54, 1.807) is 4.90 Å². The fourth-order valence-electron chi connectivity index (χ4n) is 1.31. The molecule has 0 bridgehead atoms. The van der Waals surface area contributed by atoms with Crippen LogP contribution in [0.2, 0.25) is 0 Å². The minimum atomic E-state index is 0.620. The summed E-state index contributed by atoms with van der Waals surface area (Å²) in [4.78, 5) is 3.72. The van der Waals surface area contributed by atoms with Crippen molar-refractivity contribution in [2.45, 2.75) is 20.8 Å². The average Bonchev–Trinajstić information content (AvgIpc) is 2.74. The van der Waals surface area contributed by atoms with Gasteiger partial charge in [0.2, 0.25) is 0 Å². The maximum atomic E-state index is 4.78. The van der Waals surface area contributed by atoms with Crippen LogP contribution in [0.1, 0.15) is 20.8 Å². The highest BCUT2D eigenvalue weighted by molar-refractivity contribution is 8.01. The predicted octanol–water partition coefficient (Wildman–Crippen LogP) is 0.756. The Balaban J connectivity index is 0.000000265. The second-order valence-electron chi connectivity index (χ2n) is 3.38. The number of hydrogen-bond donors (Lipinski definition) is 1. The lowest BCUT2D eigenvalue weighted by atomic mass is 10.5. The van der Waals surface area contributed by atoms with Gasteiger partial charge in [-0.15, -0.1) is 11.8 Å². The van der Waals surface area contributed by atoms with Gasteiger partial charge in [0, 0.05) is 12.3 Å². The molecule has 1 aliphatic heterocycles. The summed E-state index contributed by atoms with van der Waals surface area (Å²) in [7, 11) is 0. The predicted molar refractivity (Wildman–Crippen MR) is 76.6 cm³/mol. The lowest BCUT2D eigenvalue weighted by Gasteiger charge is -2.19. The lowest BCUT2D eigenvalue weighted by Crippen LogP contribution is -3.11. The second kappa shape index (κ2) is 9.63. The van der Waals surface area contributed by atoms with Crippen molar-refractivity contribution in [3.05, 3.63) is 0 Å². The molecule has 5 heteroatoms. The molecular weight excluding hydrogens is 244 g/mol. The summed E-state index contributed by atoms with van der Waals surface area (Å²) in [6.07, 6.45) is 0. The Kier molecular flexibility index (Phi) is 9.90. The Morgan fingerprint density at radius 3 is 2.00 bits per heavy atom. The van der Waals surface area contributed by atoms with Crippen LogP contribution in [-0.2, 0) is 12.6 Å². The molecule has 15 heavy (non-hydrogen) atoms. The van der Waals surface area contributed by atoms with Crippen LogP contribution >= 0.6 is 24.0 Å². The summed E-state index contributed by atoms with van der Waals surface area (Å²) < 4.78 is 0.620. The van der Waals surface area contributed by atoms with Gasteiger partial charge in [-0.2, -0.15) is 0 Å². The molecule has 1 N–H and O–H groups in total. The van der Waals surface area contributed by atoms with E-state index in [1.165, 1.54) is 25.4 Å². The van der Waals surface area contributed by atoms with Crippen molar-refractivity contribution >= 4 is 40.9 Å². The van der Waals surface area contributed by atoms with Crippen LogP contribution in [0.5, 0.6) is 0 Å². The molecule has 1 heterocycles. The molecule has 0 saturated carbocycles. The molecule has 0 spiro atoms. The zero-order valence-electron chi connectivity index (χ0n) is 9.91. The quantitative estimate of drug-likeness (QED) is 0.595. The average molecular weight is 267 g/mol. The molecule has 0 aromatic heterocycles. The highest BCUT2D eigenvalue weighted by atomic mass is 32.2.